The van der Waals surface area contributed by atoms with Crippen molar-refractivity contribution in [2.24, 2.45) is 0 Å². The molecule has 4 heteroatoms. The minimum absolute atomic E-state index is 0.0788. The minimum Gasteiger partial charge on any atom is -0.478 e. The van der Waals surface area contributed by atoms with E-state index in [2.05, 4.69) is 6.92 Å². The van der Waals surface area contributed by atoms with Gasteiger partial charge in [0.05, 0.1) is 5.56 Å². The Morgan fingerprint density at radius 3 is 2.27 bits per heavy atom. The average Bonchev–Trinajstić information content (AvgIpc) is 2.65. The molecule has 0 bridgehead atoms. The molecule has 0 spiro atoms. The van der Waals surface area contributed by atoms with Gasteiger partial charge in [0, 0.05) is 12.0 Å². The zero-order chi connectivity index (χ0) is 19.1. The highest BCUT2D eigenvalue weighted by Crippen LogP contribution is 2.31. The van der Waals surface area contributed by atoms with Gasteiger partial charge in [-0.25, -0.2) is 13.6 Å². The van der Waals surface area contributed by atoms with E-state index in [9.17, 15) is 18.7 Å². The lowest BCUT2D eigenvalue weighted by Gasteiger charge is -2.13. The van der Waals surface area contributed by atoms with Gasteiger partial charge < -0.3 is 5.11 Å². The lowest BCUT2D eigenvalue weighted by Crippen LogP contribution is -2.04. The number of carbonyl (C=O) groups is 1. The average molecular weight is 358 g/mol. The summed E-state index contributed by atoms with van der Waals surface area (Å²) in [6, 6.07) is 11.7. The van der Waals surface area contributed by atoms with Crippen molar-refractivity contribution in [1.29, 1.82) is 0 Å². The van der Waals surface area contributed by atoms with Gasteiger partial charge in [-0.1, -0.05) is 56.7 Å². The third-order valence-electron chi connectivity index (χ3n) is 4.34. The quantitative estimate of drug-likeness (QED) is 0.563. The van der Waals surface area contributed by atoms with Gasteiger partial charge in [0.25, 0.3) is 0 Å². The van der Waals surface area contributed by atoms with Crippen LogP contribution < -0.4 is 0 Å². The zero-order valence-electron chi connectivity index (χ0n) is 15.2. The first-order valence-electron chi connectivity index (χ1n) is 8.99. The van der Waals surface area contributed by atoms with Crippen LogP contribution in [0.3, 0.4) is 0 Å². The Bertz CT molecular complexity index is 792. The summed E-state index contributed by atoms with van der Waals surface area (Å²) in [5.74, 6) is -2.52. The maximum Gasteiger partial charge on any atom is 0.335 e. The largest absolute Gasteiger partial charge is 0.478 e. The van der Waals surface area contributed by atoms with Gasteiger partial charge in [0.2, 0.25) is 0 Å². The number of aromatic carboxylic acids is 1. The maximum absolute atomic E-state index is 14.1. The smallest absolute Gasteiger partial charge is 0.335 e. The summed E-state index contributed by atoms with van der Waals surface area (Å²) < 4.78 is 27.8. The van der Waals surface area contributed by atoms with Crippen molar-refractivity contribution in [3.8, 4) is 11.1 Å². The van der Waals surface area contributed by atoms with Gasteiger partial charge in [-0.2, -0.15) is 0 Å². The molecular formula is C22H24F2O2. The molecule has 0 fully saturated rings. The van der Waals surface area contributed by atoms with E-state index in [1.165, 1.54) is 12.1 Å². The Labute approximate surface area is 153 Å². The van der Waals surface area contributed by atoms with E-state index in [0.29, 0.717) is 18.4 Å². The number of carboxylic acids is 1. The summed E-state index contributed by atoms with van der Waals surface area (Å²) in [5.41, 5.74) is 2.89. The van der Waals surface area contributed by atoms with Gasteiger partial charge in [-0.05, 0) is 42.0 Å². The molecule has 0 aliphatic rings. The van der Waals surface area contributed by atoms with E-state index in [0.717, 1.165) is 29.5 Å². The maximum atomic E-state index is 14.1. The third kappa shape index (κ3) is 4.57. The van der Waals surface area contributed by atoms with Crippen LogP contribution in [-0.2, 0) is 6.42 Å². The normalized spacial score (nSPS) is 12.0. The van der Waals surface area contributed by atoms with Crippen molar-refractivity contribution in [3.63, 3.8) is 0 Å². The highest BCUT2D eigenvalue weighted by atomic mass is 19.2. The molecule has 0 aliphatic heterocycles. The number of hydrogen-bond acceptors (Lipinski definition) is 1. The van der Waals surface area contributed by atoms with Gasteiger partial charge in [0.1, 0.15) is 5.83 Å². The Morgan fingerprint density at radius 1 is 1.00 bits per heavy atom. The van der Waals surface area contributed by atoms with E-state index in [1.54, 1.807) is 31.2 Å². The molecule has 138 valence electrons. The molecule has 0 amide bonds. The molecule has 0 aromatic heterocycles. The molecule has 0 heterocycles. The predicted molar refractivity (Wildman–Crippen MR) is 101 cm³/mol. The molecule has 0 aliphatic carbocycles. The molecule has 2 rings (SSSR count). The molecule has 0 saturated heterocycles. The summed E-state index contributed by atoms with van der Waals surface area (Å²) in [5, 5.41) is 9.47. The first kappa shape index (κ1) is 19.8. The number of allylic oxidation sites excluding steroid dienone is 1. The zero-order valence-corrected chi connectivity index (χ0v) is 15.2. The molecule has 0 radical (unpaired) electrons. The lowest BCUT2D eigenvalue weighted by atomic mass is 9.91. The van der Waals surface area contributed by atoms with Crippen molar-refractivity contribution >= 4 is 11.8 Å². The van der Waals surface area contributed by atoms with E-state index in [1.807, 2.05) is 6.07 Å². The summed E-state index contributed by atoms with van der Waals surface area (Å²) in [4.78, 5) is 11.6. The molecule has 0 atom stereocenters. The van der Waals surface area contributed by atoms with Crippen LogP contribution in [0.5, 0.6) is 0 Å². The Morgan fingerprint density at radius 2 is 1.69 bits per heavy atom. The van der Waals surface area contributed by atoms with Gasteiger partial charge in [-0.3, -0.25) is 0 Å². The highest BCUT2D eigenvalue weighted by Gasteiger charge is 2.15. The lowest BCUT2D eigenvalue weighted by molar-refractivity contribution is 0.0695. The topological polar surface area (TPSA) is 37.3 Å². The van der Waals surface area contributed by atoms with Crippen LogP contribution in [0.4, 0.5) is 8.78 Å². The van der Waals surface area contributed by atoms with Crippen molar-refractivity contribution in [2.45, 2.75) is 46.0 Å². The van der Waals surface area contributed by atoms with E-state index in [-0.39, 0.29) is 12.0 Å². The number of carboxylic acid groups (broad SMARTS) is 1. The van der Waals surface area contributed by atoms with Gasteiger partial charge in [0.15, 0.2) is 5.83 Å². The standard InChI is InChI=1S/C22H24F2O2/c1-3-5-8-18-17(9-6-10-19(18)22(25)26)15-11-13-16(14-12-15)21(24)20(23)7-4-2/h6,9-14H,3-5,7-8H2,1-2H3,(H,25,26). The van der Waals surface area contributed by atoms with Crippen LogP contribution in [0.2, 0.25) is 0 Å². The van der Waals surface area contributed by atoms with Crippen molar-refractivity contribution in [1.82, 2.24) is 0 Å². The predicted octanol–water partition coefficient (Wildman–Crippen LogP) is 6.80. The van der Waals surface area contributed by atoms with Crippen LogP contribution in [0.25, 0.3) is 17.0 Å². The number of rotatable bonds is 8. The van der Waals surface area contributed by atoms with Crippen LogP contribution in [0, 0.1) is 0 Å². The van der Waals surface area contributed by atoms with E-state index >= 15 is 0 Å². The molecule has 1 N–H and O–H groups in total. The van der Waals surface area contributed by atoms with Crippen molar-refractivity contribution < 1.29 is 18.7 Å². The van der Waals surface area contributed by atoms with E-state index < -0.39 is 17.6 Å². The fourth-order valence-electron chi connectivity index (χ4n) is 2.96. The molecule has 2 aromatic carbocycles. The SMILES string of the molecule is CCCCc1c(C(=O)O)cccc1-c1ccc(C(F)=C(F)CCC)cc1. The number of hydrogen-bond donors (Lipinski definition) is 1. The van der Waals surface area contributed by atoms with Crippen LogP contribution >= 0.6 is 0 Å². The molecule has 2 aromatic rings. The molecule has 26 heavy (non-hydrogen) atoms. The van der Waals surface area contributed by atoms with Crippen LogP contribution in [0.1, 0.15) is 61.0 Å². The highest BCUT2D eigenvalue weighted by molar-refractivity contribution is 5.92. The first-order chi connectivity index (χ1) is 12.5. The fourth-order valence-corrected chi connectivity index (χ4v) is 2.96. The Hall–Kier alpha value is -2.49. The number of unbranched alkanes of at least 4 members (excludes halogenated alkanes) is 1. The second-order valence-electron chi connectivity index (χ2n) is 6.29. The second-order valence-corrected chi connectivity index (χ2v) is 6.29. The molecule has 0 unspecified atom stereocenters. The fraction of sp³-hybridized carbons (Fsp3) is 0.318. The second kappa shape index (κ2) is 9.27. The Balaban J connectivity index is 2.44. The third-order valence-corrected chi connectivity index (χ3v) is 4.34. The molecule has 0 saturated carbocycles. The van der Waals surface area contributed by atoms with Crippen molar-refractivity contribution in [2.75, 3.05) is 0 Å². The summed E-state index contributed by atoms with van der Waals surface area (Å²) in [6.07, 6.45) is 3.12. The van der Waals surface area contributed by atoms with E-state index in [4.69, 9.17) is 0 Å². The Kier molecular flexibility index (Phi) is 7.07. The van der Waals surface area contributed by atoms with Gasteiger partial charge in [-0.15, -0.1) is 0 Å². The molecule has 2 nitrogen and oxygen atoms in total. The molecular weight excluding hydrogens is 334 g/mol. The van der Waals surface area contributed by atoms with Crippen LogP contribution in [-0.4, -0.2) is 11.1 Å². The first-order valence-corrected chi connectivity index (χ1v) is 8.99. The number of halogens is 2. The monoisotopic (exact) mass is 358 g/mol. The van der Waals surface area contributed by atoms with Gasteiger partial charge >= 0.3 is 5.97 Å². The van der Waals surface area contributed by atoms with Crippen LogP contribution in [0.15, 0.2) is 48.3 Å². The summed E-state index contributed by atoms with van der Waals surface area (Å²) in [7, 11) is 0. The minimum atomic E-state index is -0.954. The van der Waals surface area contributed by atoms with Crippen molar-refractivity contribution in [3.05, 3.63) is 65.0 Å². The summed E-state index contributed by atoms with van der Waals surface area (Å²) in [6.45, 7) is 3.85. The number of benzene rings is 2. The summed E-state index contributed by atoms with van der Waals surface area (Å²) >= 11 is 0.